The maximum Gasteiger partial charge on any atom is 0.313 e. The highest BCUT2D eigenvalue weighted by molar-refractivity contribution is 9.10. The second-order valence-electron chi connectivity index (χ2n) is 2.92. The third kappa shape index (κ3) is 3.85. The van der Waals surface area contributed by atoms with E-state index >= 15 is 0 Å². The van der Waals surface area contributed by atoms with E-state index < -0.39 is 17.6 Å². The maximum absolute atomic E-state index is 13.2. The van der Waals surface area contributed by atoms with E-state index in [1.807, 2.05) is 5.32 Å². The highest BCUT2D eigenvalue weighted by Crippen LogP contribution is 2.19. The molecule has 17 heavy (non-hydrogen) atoms. The molecule has 0 bridgehead atoms. The quantitative estimate of drug-likeness (QED) is 0.635. The predicted molar refractivity (Wildman–Crippen MR) is 61.4 cm³/mol. The van der Waals surface area contributed by atoms with Crippen molar-refractivity contribution in [2.24, 2.45) is 0 Å². The molecule has 0 radical (unpaired) electrons. The average Bonchev–Trinajstić information content (AvgIpc) is 2.30. The number of carbonyl (C=O) groups excluding carboxylic acids is 2. The Balaban J connectivity index is 2.71. The van der Waals surface area contributed by atoms with Gasteiger partial charge in [-0.3, -0.25) is 9.59 Å². The normalized spacial score (nSPS) is 9.24. The fourth-order valence-corrected chi connectivity index (χ4v) is 1.33. The van der Waals surface area contributed by atoms with E-state index in [1.165, 1.54) is 12.1 Å². The molecule has 0 unspecified atom stereocenters. The average molecular weight is 300 g/mol. The highest BCUT2D eigenvalue weighted by atomic mass is 79.9. The molecule has 0 aliphatic carbocycles. The fourth-order valence-electron chi connectivity index (χ4n) is 0.972. The van der Waals surface area contributed by atoms with Gasteiger partial charge >= 0.3 is 11.8 Å². The van der Waals surface area contributed by atoms with Gasteiger partial charge in [0.05, 0.1) is 11.8 Å². The van der Waals surface area contributed by atoms with Gasteiger partial charge in [0.15, 0.2) is 0 Å². The number of carbonyl (C=O) groups is 2. The molecule has 2 N–H and O–H groups in total. The van der Waals surface area contributed by atoms with Crippen LogP contribution >= 0.6 is 15.9 Å². The van der Waals surface area contributed by atoms with Crippen molar-refractivity contribution in [1.82, 2.24) is 5.32 Å². The van der Waals surface area contributed by atoms with Crippen LogP contribution in [0.4, 0.5) is 10.1 Å². The number of rotatable bonds is 2. The van der Waals surface area contributed by atoms with E-state index in [0.717, 1.165) is 6.07 Å². The Morgan fingerprint density at radius 3 is 2.76 bits per heavy atom. The van der Waals surface area contributed by atoms with Crippen LogP contribution < -0.4 is 10.6 Å². The van der Waals surface area contributed by atoms with Crippen LogP contribution in [-0.4, -0.2) is 18.4 Å². The Labute approximate surface area is 105 Å². The number of anilines is 1. The smallest absolute Gasteiger partial charge is 0.313 e. The van der Waals surface area contributed by atoms with Crippen LogP contribution in [0.25, 0.3) is 0 Å². The van der Waals surface area contributed by atoms with Crippen molar-refractivity contribution in [1.29, 1.82) is 5.26 Å². The lowest BCUT2D eigenvalue weighted by molar-refractivity contribution is -0.136. The fraction of sp³-hybridized carbons (Fsp3) is 0.100. The van der Waals surface area contributed by atoms with E-state index in [2.05, 4.69) is 21.2 Å². The van der Waals surface area contributed by atoms with Gasteiger partial charge in [-0.1, -0.05) is 15.9 Å². The summed E-state index contributed by atoms with van der Waals surface area (Å²) in [6, 6.07) is 5.57. The van der Waals surface area contributed by atoms with Gasteiger partial charge in [0.25, 0.3) is 0 Å². The number of benzene rings is 1. The summed E-state index contributed by atoms with van der Waals surface area (Å²) in [4.78, 5) is 22.4. The lowest BCUT2D eigenvalue weighted by Crippen LogP contribution is -2.35. The van der Waals surface area contributed by atoms with Gasteiger partial charge in [0.2, 0.25) is 0 Å². The molecule has 0 fully saturated rings. The molecule has 1 rings (SSSR count). The molecule has 88 valence electrons. The first-order valence-electron chi connectivity index (χ1n) is 4.45. The molecule has 1 aromatic carbocycles. The van der Waals surface area contributed by atoms with Gasteiger partial charge in [0.1, 0.15) is 12.4 Å². The van der Waals surface area contributed by atoms with Crippen LogP contribution in [0.15, 0.2) is 22.7 Å². The topological polar surface area (TPSA) is 82.0 Å². The summed E-state index contributed by atoms with van der Waals surface area (Å²) >= 11 is 3.10. The summed E-state index contributed by atoms with van der Waals surface area (Å²) in [5, 5.41) is 12.3. The van der Waals surface area contributed by atoms with Crippen molar-refractivity contribution in [3.05, 3.63) is 28.5 Å². The zero-order chi connectivity index (χ0) is 12.8. The van der Waals surface area contributed by atoms with E-state index in [0.29, 0.717) is 4.47 Å². The van der Waals surface area contributed by atoms with Gasteiger partial charge in [0, 0.05) is 4.47 Å². The summed E-state index contributed by atoms with van der Waals surface area (Å²) < 4.78 is 13.8. The summed E-state index contributed by atoms with van der Waals surface area (Å²) in [5.41, 5.74) is -0.114. The van der Waals surface area contributed by atoms with Crippen LogP contribution in [0.5, 0.6) is 0 Å². The van der Waals surface area contributed by atoms with E-state index in [1.54, 1.807) is 6.07 Å². The molecule has 0 heterocycles. The predicted octanol–water partition coefficient (Wildman–Crippen LogP) is 1.17. The number of amides is 2. The lowest BCUT2D eigenvalue weighted by Gasteiger charge is -2.06. The van der Waals surface area contributed by atoms with Crippen LogP contribution in [-0.2, 0) is 9.59 Å². The number of hydrogen-bond acceptors (Lipinski definition) is 3. The number of halogens is 2. The molecule has 0 atom stereocenters. The molecule has 0 saturated carbocycles. The zero-order valence-corrected chi connectivity index (χ0v) is 10.0. The molecule has 0 aliphatic heterocycles. The molecular weight excluding hydrogens is 293 g/mol. The number of hydrogen-bond donors (Lipinski definition) is 2. The summed E-state index contributed by atoms with van der Waals surface area (Å²) in [7, 11) is 0. The van der Waals surface area contributed by atoms with Gasteiger partial charge < -0.3 is 10.6 Å². The monoisotopic (exact) mass is 299 g/mol. The molecule has 5 nitrogen and oxygen atoms in total. The van der Waals surface area contributed by atoms with Gasteiger partial charge in [-0.25, -0.2) is 4.39 Å². The van der Waals surface area contributed by atoms with Crippen molar-refractivity contribution in [3.8, 4) is 6.07 Å². The number of nitrogens with zero attached hydrogens (tertiary/aromatic N) is 1. The maximum atomic E-state index is 13.2. The third-order valence-electron chi connectivity index (χ3n) is 1.71. The Kier molecular flexibility index (Phi) is 4.60. The highest BCUT2D eigenvalue weighted by Gasteiger charge is 2.14. The van der Waals surface area contributed by atoms with Crippen LogP contribution in [0, 0.1) is 17.1 Å². The molecule has 0 saturated heterocycles. The van der Waals surface area contributed by atoms with Crippen molar-refractivity contribution in [2.75, 3.05) is 11.9 Å². The number of nitriles is 1. The number of nitrogens with one attached hydrogen (secondary N) is 2. The minimum Gasteiger partial charge on any atom is -0.335 e. The minimum atomic E-state index is -1.03. The van der Waals surface area contributed by atoms with E-state index in [4.69, 9.17) is 5.26 Å². The molecule has 1 aromatic rings. The van der Waals surface area contributed by atoms with Gasteiger partial charge in [-0.2, -0.15) is 5.26 Å². The SMILES string of the molecule is N#CCNC(=O)C(=O)Nc1cc(Br)ccc1F. The lowest BCUT2D eigenvalue weighted by atomic mass is 10.3. The van der Waals surface area contributed by atoms with Crippen molar-refractivity contribution < 1.29 is 14.0 Å². The summed E-state index contributed by atoms with van der Waals surface area (Å²) in [6.45, 7) is -0.285. The Hall–Kier alpha value is -1.94. The second kappa shape index (κ2) is 5.96. The molecule has 0 spiro atoms. The molecule has 0 aromatic heterocycles. The summed E-state index contributed by atoms with van der Waals surface area (Å²) in [5.74, 6) is -2.68. The molecule has 2 amide bonds. The first-order chi connectivity index (χ1) is 8.04. The minimum absolute atomic E-state index is 0.114. The Bertz CT molecular complexity index is 499. The molecule has 0 aliphatic rings. The van der Waals surface area contributed by atoms with Gasteiger partial charge in [-0.05, 0) is 18.2 Å². The van der Waals surface area contributed by atoms with E-state index in [9.17, 15) is 14.0 Å². The standard InChI is InChI=1S/C10H7BrFN3O2/c11-6-1-2-7(12)8(5-6)15-10(17)9(16)14-4-3-13/h1-2,5H,4H2,(H,14,16)(H,15,17). The van der Waals surface area contributed by atoms with Crippen molar-refractivity contribution in [3.63, 3.8) is 0 Å². The molecule has 7 heteroatoms. The Morgan fingerprint density at radius 2 is 2.12 bits per heavy atom. The zero-order valence-electron chi connectivity index (χ0n) is 8.46. The first kappa shape index (κ1) is 13.1. The second-order valence-corrected chi connectivity index (χ2v) is 3.83. The molecular formula is C10H7BrFN3O2. The first-order valence-corrected chi connectivity index (χ1v) is 5.25. The van der Waals surface area contributed by atoms with Crippen LogP contribution in [0.2, 0.25) is 0 Å². The Morgan fingerprint density at radius 1 is 1.41 bits per heavy atom. The van der Waals surface area contributed by atoms with Crippen molar-refractivity contribution in [2.45, 2.75) is 0 Å². The van der Waals surface area contributed by atoms with Crippen molar-refractivity contribution >= 4 is 33.4 Å². The van der Waals surface area contributed by atoms with E-state index in [-0.39, 0.29) is 12.2 Å². The third-order valence-corrected chi connectivity index (χ3v) is 2.20. The van der Waals surface area contributed by atoms with Crippen LogP contribution in [0.3, 0.4) is 0 Å². The largest absolute Gasteiger partial charge is 0.335 e. The summed E-state index contributed by atoms with van der Waals surface area (Å²) in [6.07, 6.45) is 0. The van der Waals surface area contributed by atoms with Gasteiger partial charge in [-0.15, -0.1) is 0 Å². The van der Waals surface area contributed by atoms with Crippen LogP contribution in [0.1, 0.15) is 0 Å².